The van der Waals surface area contributed by atoms with E-state index < -0.39 is 18.1 Å². The standard InChI is InChI=1S/C36H54N6O6/c1-25(2)21-42(33(44)30-20-38-34(36(3,4)5)39-31(30)37-15-10-18-47-6)28-19-27(22-41(23-28)35(45)46)32(43)40-16-13-29(14-17-40)48-24-26-11-8-7-9-12-26/h7-9,11-12,20,25,27-29H,10,13-19,21-24H2,1-6H3,(H,45,46)(H,37,38,39)/t27-,28+/m1/s1. The van der Waals surface area contributed by atoms with E-state index in [1.54, 1.807) is 18.2 Å². The number of hydrogen-bond acceptors (Lipinski definition) is 8. The van der Waals surface area contributed by atoms with Crippen LogP contribution in [0, 0.1) is 11.8 Å². The van der Waals surface area contributed by atoms with Crippen LogP contribution in [-0.4, -0.2) is 113 Å². The Morgan fingerprint density at radius 1 is 1.08 bits per heavy atom. The van der Waals surface area contributed by atoms with E-state index in [4.69, 9.17) is 14.5 Å². The number of methoxy groups -OCH3 is 1. The number of amides is 3. The number of carboxylic acid groups (broad SMARTS) is 1. The first-order valence-corrected chi connectivity index (χ1v) is 17.2. The topological polar surface area (TPSA) is 137 Å². The molecule has 2 atom stereocenters. The smallest absolute Gasteiger partial charge is 0.407 e. The van der Waals surface area contributed by atoms with Crippen LogP contribution in [0.4, 0.5) is 10.6 Å². The third kappa shape index (κ3) is 10.1. The predicted molar refractivity (Wildman–Crippen MR) is 184 cm³/mol. The molecule has 2 aromatic rings. The third-order valence-corrected chi connectivity index (χ3v) is 8.90. The Balaban J connectivity index is 1.51. The van der Waals surface area contributed by atoms with E-state index in [2.05, 4.69) is 10.3 Å². The molecule has 2 fully saturated rings. The Morgan fingerprint density at radius 3 is 2.42 bits per heavy atom. The van der Waals surface area contributed by atoms with Crippen molar-refractivity contribution in [1.82, 2.24) is 24.7 Å². The first-order chi connectivity index (χ1) is 22.9. The summed E-state index contributed by atoms with van der Waals surface area (Å²) in [7, 11) is 1.65. The zero-order chi connectivity index (χ0) is 34.8. The number of piperidine rings is 2. The molecule has 48 heavy (non-hydrogen) atoms. The second-order valence-corrected chi connectivity index (χ2v) is 14.4. The van der Waals surface area contributed by atoms with Crippen LogP contribution in [-0.2, 0) is 26.3 Å². The molecular weight excluding hydrogens is 612 g/mol. The molecule has 0 spiro atoms. The fraction of sp³-hybridized carbons (Fsp3) is 0.639. The zero-order valence-corrected chi connectivity index (χ0v) is 29.5. The fourth-order valence-electron chi connectivity index (χ4n) is 6.33. The SMILES string of the molecule is COCCCNc1nc(C(C)(C)C)ncc1C(=O)N(CC(C)C)[C@H]1C[C@@H](C(=O)N2CCC(OCc3ccccc3)CC2)CN(C(=O)O)C1. The van der Waals surface area contributed by atoms with Crippen molar-refractivity contribution in [2.24, 2.45) is 11.8 Å². The van der Waals surface area contributed by atoms with Gasteiger partial charge in [0.05, 0.1) is 24.7 Å². The Labute approximate surface area is 285 Å². The van der Waals surface area contributed by atoms with Crippen molar-refractivity contribution in [1.29, 1.82) is 0 Å². The second kappa shape index (κ2) is 17.1. The normalized spacial score (nSPS) is 19.0. The minimum atomic E-state index is -1.10. The quantitative estimate of drug-likeness (QED) is 0.286. The Hall–Kier alpha value is -3.77. The maximum Gasteiger partial charge on any atom is 0.407 e. The lowest BCUT2D eigenvalue weighted by Crippen LogP contribution is -2.58. The Bertz CT molecular complexity index is 1360. The van der Waals surface area contributed by atoms with E-state index in [1.807, 2.05) is 69.9 Å². The average Bonchev–Trinajstić information content (AvgIpc) is 3.07. The molecule has 2 aliphatic heterocycles. The van der Waals surface area contributed by atoms with E-state index in [1.165, 1.54) is 4.90 Å². The molecule has 3 heterocycles. The van der Waals surface area contributed by atoms with E-state index in [9.17, 15) is 19.5 Å². The van der Waals surface area contributed by atoms with E-state index in [0.717, 1.165) is 24.8 Å². The maximum atomic E-state index is 14.4. The average molecular weight is 667 g/mol. The summed E-state index contributed by atoms with van der Waals surface area (Å²) in [5.41, 5.74) is 1.11. The van der Waals surface area contributed by atoms with Crippen molar-refractivity contribution < 1.29 is 29.0 Å². The molecule has 0 saturated carbocycles. The van der Waals surface area contributed by atoms with Gasteiger partial charge in [-0.15, -0.1) is 0 Å². The molecule has 3 amide bonds. The minimum Gasteiger partial charge on any atom is -0.465 e. The molecule has 1 aromatic heterocycles. The highest BCUT2D eigenvalue weighted by molar-refractivity contribution is 5.98. The number of carbonyl (C=O) groups is 3. The van der Waals surface area contributed by atoms with Crippen LogP contribution in [0.15, 0.2) is 36.5 Å². The lowest BCUT2D eigenvalue weighted by molar-refractivity contribution is -0.140. The molecule has 12 nitrogen and oxygen atoms in total. The van der Waals surface area contributed by atoms with Gasteiger partial charge >= 0.3 is 6.09 Å². The number of carbonyl (C=O) groups excluding carboxylic acids is 2. The Morgan fingerprint density at radius 2 is 1.79 bits per heavy atom. The van der Waals surface area contributed by atoms with Gasteiger partial charge in [0.25, 0.3) is 5.91 Å². The first-order valence-electron chi connectivity index (χ1n) is 17.2. The molecule has 264 valence electrons. The van der Waals surface area contributed by atoms with Gasteiger partial charge in [0.1, 0.15) is 17.2 Å². The number of likely N-dealkylation sites (tertiary alicyclic amines) is 2. The number of ether oxygens (including phenoxy) is 2. The van der Waals surface area contributed by atoms with Gasteiger partial charge in [0.2, 0.25) is 5.91 Å². The van der Waals surface area contributed by atoms with Crippen LogP contribution < -0.4 is 5.32 Å². The van der Waals surface area contributed by atoms with E-state index in [0.29, 0.717) is 63.0 Å². The molecule has 12 heteroatoms. The van der Waals surface area contributed by atoms with E-state index in [-0.39, 0.29) is 42.3 Å². The number of aromatic nitrogens is 2. The van der Waals surface area contributed by atoms with Gasteiger partial charge in [-0.3, -0.25) is 9.59 Å². The van der Waals surface area contributed by atoms with Crippen LogP contribution in [0.1, 0.15) is 82.0 Å². The molecule has 4 rings (SSSR count). The zero-order valence-electron chi connectivity index (χ0n) is 29.5. The molecule has 2 N–H and O–H groups in total. The highest BCUT2D eigenvalue weighted by Crippen LogP contribution is 2.29. The summed E-state index contributed by atoms with van der Waals surface area (Å²) < 4.78 is 11.3. The van der Waals surface area contributed by atoms with Crippen LogP contribution in [0.2, 0.25) is 0 Å². The molecular formula is C36H54N6O6. The molecule has 0 bridgehead atoms. The van der Waals surface area contributed by atoms with Crippen LogP contribution in [0.3, 0.4) is 0 Å². The van der Waals surface area contributed by atoms with Crippen molar-refractivity contribution in [2.75, 3.05) is 58.3 Å². The van der Waals surface area contributed by atoms with Crippen molar-refractivity contribution in [2.45, 2.75) is 84.5 Å². The van der Waals surface area contributed by atoms with Gasteiger partial charge < -0.3 is 34.6 Å². The third-order valence-electron chi connectivity index (χ3n) is 8.90. The Kier molecular flexibility index (Phi) is 13.2. The van der Waals surface area contributed by atoms with Gasteiger partial charge in [0.15, 0.2) is 0 Å². The summed E-state index contributed by atoms with van der Waals surface area (Å²) in [5.74, 6) is 0.251. The van der Waals surface area contributed by atoms with Gasteiger partial charge in [-0.2, -0.15) is 0 Å². The van der Waals surface area contributed by atoms with Gasteiger partial charge in [0, 0.05) is 64.6 Å². The van der Waals surface area contributed by atoms with Crippen molar-refractivity contribution >= 4 is 23.7 Å². The molecule has 2 saturated heterocycles. The lowest BCUT2D eigenvalue weighted by Gasteiger charge is -2.43. The second-order valence-electron chi connectivity index (χ2n) is 14.4. The lowest BCUT2D eigenvalue weighted by atomic mass is 9.90. The molecule has 1 aromatic carbocycles. The highest BCUT2D eigenvalue weighted by atomic mass is 16.5. The number of nitrogens with one attached hydrogen (secondary N) is 1. The molecule has 2 aliphatic rings. The van der Waals surface area contributed by atoms with Crippen LogP contribution in [0.5, 0.6) is 0 Å². The van der Waals surface area contributed by atoms with Gasteiger partial charge in [-0.25, -0.2) is 14.8 Å². The van der Waals surface area contributed by atoms with Crippen molar-refractivity contribution in [3.8, 4) is 0 Å². The summed E-state index contributed by atoms with van der Waals surface area (Å²) in [6.07, 6.45) is 3.09. The highest BCUT2D eigenvalue weighted by Gasteiger charge is 2.41. The van der Waals surface area contributed by atoms with Gasteiger partial charge in [-0.1, -0.05) is 65.0 Å². The van der Waals surface area contributed by atoms with Crippen molar-refractivity contribution in [3.63, 3.8) is 0 Å². The van der Waals surface area contributed by atoms with Gasteiger partial charge in [-0.05, 0) is 37.2 Å². The van der Waals surface area contributed by atoms with Crippen LogP contribution >= 0.6 is 0 Å². The maximum absolute atomic E-state index is 14.4. The molecule has 0 radical (unpaired) electrons. The number of nitrogens with zero attached hydrogens (tertiary/aromatic N) is 5. The summed E-state index contributed by atoms with van der Waals surface area (Å²) in [5, 5.41) is 13.4. The van der Waals surface area contributed by atoms with E-state index >= 15 is 0 Å². The number of rotatable bonds is 13. The molecule has 0 unspecified atom stereocenters. The summed E-state index contributed by atoms with van der Waals surface area (Å²) in [4.78, 5) is 54.9. The largest absolute Gasteiger partial charge is 0.465 e. The monoisotopic (exact) mass is 666 g/mol. The fourth-order valence-corrected chi connectivity index (χ4v) is 6.33. The minimum absolute atomic E-state index is 0.0622. The molecule has 0 aliphatic carbocycles. The first kappa shape index (κ1) is 37.1. The summed E-state index contributed by atoms with van der Waals surface area (Å²) >= 11 is 0. The summed E-state index contributed by atoms with van der Waals surface area (Å²) in [6, 6.07) is 9.54. The summed E-state index contributed by atoms with van der Waals surface area (Å²) in [6.45, 7) is 13.5. The number of anilines is 1. The van der Waals surface area contributed by atoms with Crippen LogP contribution in [0.25, 0.3) is 0 Å². The number of benzene rings is 1. The van der Waals surface area contributed by atoms with Crippen molar-refractivity contribution in [3.05, 3.63) is 53.5 Å². The predicted octanol–water partition coefficient (Wildman–Crippen LogP) is 4.90. The number of hydrogen-bond donors (Lipinski definition) is 2.